The summed E-state index contributed by atoms with van der Waals surface area (Å²) in [5.41, 5.74) is 2.58. The van der Waals surface area contributed by atoms with E-state index in [0.717, 1.165) is 40.9 Å². The fourth-order valence-electron chi connectivity index (χ4n) is 4.23. The van der Waals surface area contributed by atoms with Crippen molar-refractivity contribution in [2.24, 2.45) is 24.3 Å². The predicted octanol–water partition coefficient (Wildman–Crippen LogP) is 3.99. The van der Waals surface area contributed by atoms with Crippen molar-refractivity contribution < 1.29 is 27.6 Å². The Labute approximate surface area is 238 Å². The molecule has 1 aliphatic carbocycles. The predicted molar refractivity (Wildman–Crippen MR) is 147 cm³/mol. The van der Waals surface area contributed by atoms with Crippen LogP contribution in [0.1, 0.15) is 77.6 Å². The van der Waals surface area contributed by atoms with Crippen molar-refractivity contribution in [1.29, 1.82) is 5.26 Å². The van der Waals surface area contributed by atoms with Crippen molar-refractivity contribution in [3.05, 3.63) is 23.7 Å². The zero-order chi connectivity index (χ0) is 31.1. The second-order valence-corrected chi connectivity index (χ2v) is 11.8. The van der Waals surface area contributed by atoms with Crippen LogP contribution >= 0.6 is 0 Å². The smallest absolute Gasteiger partial charge is 0.340 e. The summed E-state index contributed by atoms with van der Waals surface area (Å²) in [6.07, 6.45) is 1.24. The normalized spacial score (nSPS) is 18.4. The summed E-state index contributed by atoms with van der Waals surface area (Å²) in [5.74, 6) is -0.979. The first kappa shape index (κ1) is 33.5. The SMILES string of the molecule is CC(C)C.CC1CN(C(=O)CNC(=O)C(F)(F)F)CC1(C)C.Cn1nc(C2CC2)c2c(C(C#N)NC=O)cncc21. The lowest BCUT2D eigenvalue weighted by molar-refractivity contribution is -0.174. The maximum atomic E-state index is 11.9. The van der Waals surface area contributed by atoms with E-state index in [0.29, 0.717) is 25.4 Å². The number of halogens is 3. The zero-order valence-corrected chi connectivity index (χ0v) is 24.7. The highest BCUT2D eigenvalue weighted by atomic mass is 19.4. The molecule has 1 aliphatic heterocycles. The number of hydrogen-bond acceptors (Lipinski definition) is 6. The van der Waals surface area contributed by atoms with Gasteiger partial charge in [0, 0.05) is 43.2 Å². The molecule has 0 bridgehead atoms. The summed E-state index contributed by atoms with van der Waals surface area (Å²) < 4.78 is 37.6. The quantitative estimate of drug-likeness (QED) is 0.498. The minimum absolute atomic E-state index is 0.0519. The van der Waals surface area contributed by atoms with Gasteiger partial charge in [-0.3, -0.25) is 24.0 Å². The first-order valence-electron chi connectivity index (χ1n) is 13.6. The third-order valence-electron chi connectivity index (χ3n) is 6.89. The highest BCUT2D eigenvalue weighted by Gasteiger charge is 2.41. The van der Waals surface area contributed by atoms with E-state index in [9.17, 15) is 32.8 Å². The monoisotopic (exact) mass is 579 g/mol. The number of nitrogens with one attached hydrogen (secondary N) is 2. The van der Waals surface area contributed by atoms with Crippen molar-refractivity contribution >= 4 is 29.1 Å². The molecule has 2 unspecified atom stereocenters. The molecule has 0 spiro atoms. The Kier molecular flexibility index (Phi) is 11.3. The van der Waals surface area contributed by atoms with E-state index >= 15 is 0 Å². The summed E-state index contributed by atoms with van der Waals surface area (Å²) in [6.45, 7) is 12.9. The topological polar surface area (TPSA) is 133 Å². The minimum Gasteiger partial charge on any atom is -0.340 e. The van der Waals surface area contributed by atoms with Crippen LogP contribution in [0.4, 0.5) is 13.2 Å². The zero-order valence-electron chi connectivity index (χ0n) is 24.7. The standard InChI is InChI=1S/C13H13N5O.C11H17F3N2O2.C4H10/c1-18-11-6-15-5-9(10(4-14)16-7-19)12(11)13(17-18)8-2-3-8;1-7-5-16(6-10(7,2)3)8(17)4-15-9(18)11(12,13)14;1-4(2)3/h5-8,10H,2-3H2,1H3,(H,16,19);7H,4-6H2,1-3H3,(H,15,18);4H,1-3H3. The summed E-state index contributed by atoms with van der Waals surface area (Å²) in [6, 6.07) is 1.40. The van der Waals surface area contributed by atoms with E-state index in [1.807, 2.05) is 27.8 Å². The minimum atomic E-state index is -4.95. The van der Waals surface area contributed by atoms with Gasteiger partial charge in [-0.2, -0.15) is 23.5 Å². The van der Waals surface area contributed by atoms with E-state index in [1.54, 1.807) is 22.4 Å². The Balaban J connectivity index is 0.000000255. The number of aromatic nitrogens is 3. The van der Waals surface area contributed by atoms with E-state index in [4.69, 9.17) is 0 Å². The molecule has 2 N–H and O–H groups in total. The van der Waals surface area contributed by atoms with E-state index in [-0.39, 0.29) is 11.3 Å². The molecule has 2 aromatic heterocycles. The maximum absolute atomic E-state index is 11.9. The molecule has 13 heteroatoms. The van der Waals surface area contributed by atoms with Crippen LogP contribution < -0.4 is 10.6 Å². The molecule has 2 aromatic rings. The van der Waals surface area contributed by atoms with Crippen molar-refractivity contribution in [2.75, 3.05) is 19.6 Å². The third kappa shape index (κ3) is 9.16. The Morgan fingerprint density at radius 1 is 1.24 bits per heavy atom. The number of aryl methyl sites for hydroxylation is 1. The molecule has 226 valence electrons. The number of nitrogens with zero attached hydrogens (tertiary/aromatic N) is 5. The van der Waals surface area contributed by atoms with Gasteiger partial charge in [0.1, 0.15) is 6.04 Å². The largest absolute Gasteiger partial charge is 0.471 e. The number of rotatable bonds is 6. The lowest BCUT2D eigenvalue weighted by Gasteiger charge is -2.22. The van der Waals surface area contributed by atoms with Gasteiger partial charge in [-0.1, -0.05) is 41.5 Å². The van der Waals surface area contributed by atoms with E-state index < -0.39 is 30.6 Å². The number of alkyl halides is 3. The van der Waals surface area contributed by atoms with Gasteiger partial charge in [0.15, 0.2) is 0 Å². The lowest BCUT2D eigenvalue weighted by atomic mass is 9.84. The lowest BCUT2D eigenvalue weighted by Crippen LogP contribution is -2.44. The number of likely N-dealkylation sites (tertiary alicyclic amines) is 1. The van der Waals surface area contributed by atoms with E-state index in [2.05, 4.69) is 42.2 Å². The van der Waals surface area contributed by atoms with Crippen LogP contribution in [0.3, 0.4) is 0 Å². The second-order valence-electron chi connectivity index (χ2n) is 11.8. The molecule has 1 saturated carbocycles. The van der Waals surface area contributed by atoms with Gasteiger partial charge in [0.25, 0.3) is 0 Å². The molecule has 3 amide bonds. The Hall–Kier alpha value is -3.69. The van der Waals surface area contributed by atoms with Gasteiger partial charge in [0.2, 0.25) is 12.3 Å². The van der Waals surface area contributed by atoms with Crippen LogP contribution in [0.15, 0.2) is 12.4 Å². The number of pyridine rings is 1. The van der Waals surface area contributed by atoms with Gasteiger partial charge in [-0.15, -0.1) is 0 Å². The molecule has 10 nitrogen and oxygen atoms in total. The first-order chi connectivity index (χ1) is 19.0. The van der Waals surface area contributed by atoms with Crippen molar-refractivity contribution in [1.82, 2.24) is 30.3 Å². The van der Waals surface area contributed by atoms with Gasteiger partial charge in [-0.05, 0) is 30.1 Å². The number of amides is 3. The summed E-state index contributed by atoms with van der Waals surface area (Å²) in [5, 5.41) is 18.8. The molecular formula is C28H40F3N7O3. The molecule has 4 rings (SSSR count). The molecule has 2 fully saturated rings. The molecule has 2 aliphatic rings. The van der Waals surface area contributed by atoms with Crippen LogP contribution in [0.2, 0.25) is 0 Å². The highest BCUT2D eigenvalue weighted by Crippen LogP contribution is 2.43. The number of carbonyl (C=O) groups is 3. The van der Waals surface area contributed by atoms with Gasteiger partial charge < -0.3 is 15.5 Å². The Morgan fingerprint density at radius 2 is 1.85 bits per heavy atom. The Bertz CT molecular complexity index is 1260. The number of fused-ring (bicyclic) bond motifs is 1. The van der Waals surface area contributed by atoms with Crippen LogP contribution in [0, 0.1) is 28.6 Å². The van der Waals surface area contributed by atoms with Crippen LogP contribution in [-0.4, -0.2) is 63.7 Å². The number of hydrogen-bond donors (Lipinski definition) is 2. The van der Waals surface area contributed by atoms with Gasteiger partial charge >= 0.3 is 12.1 Å². The highest BCUT2D eigenvalue weighted by molar-refractivity contribution is 5.88. The van der Waals surface area contributed by atoms with Crippen LogP contribution in [-0.2, 0) is 21.4 Å². The molecule has 41 heavy (non-hydrogen) atoms. The average molecular weight is 580 g/mol. The summed E-state index contributed by atoms with van der Waals surface area (Å²) in [7, 11) is 1.87. The molecular weight excluding hydrogens is 539 g/mol. The fourth-order valence-corrected chi connectivity index (χ4v) is 4.23. The van der Waals surface area contributed by atoms with Crippen LogP contribution in [0.25, 0.3) is 10.9 Å². The van der Waals surface area contributed by atoms with Crippen molar-refractivity contribution in [3.63, 3.8) is 0 Å². The van der Waals surface area contributed by atoms with E-state index in [1.165, 1.54) is 4.90 Å². The summed E-state index contributed by atoms with van der Waals surface area (Å²) in [4.78, 5) is 38.5. The second kappa shape index (κ2) is 13.8. The molecule has 1 saturated heterocycles. The first-order valence-corrected chi connectivity index (χ1v) is 13.6. The van der Waals surface area contributed by atoms with Crippen LogP contribution in [0.5, 0.6) is 0 Å². The number of carbonyl (C=O) groups excluding carboxylic acids is 3. The van der Waals surface area contributed by atoms with Crippen molar-refractivity contribution in [2.45, 2.75) is 72.5 Å². The number of nitriles is 1. The fraction of sp³-hybridized carbons (Fsp3) is 0.643. The summed E-state index contributed by atoms with van der Waals surface area (Å²) >= 11 is 0. The Morgan fingerprint density at radius 3 is 2.32 bits per heavy atom. The molecule has 3 heterocycles. The molecule has 0 radical (unpaired) electrons. The van der Waals surface area contributed by atoms with Gasteiger partial charge in [0.05, 0.1) is 30.0 Å². The van der Waals surface area contributed by atoms with Gasteiger partial charge in [-0.25, -0.2) is 0 Å². The molecule has 0 aromatic carbocycles. The van der Waals surface area contributed by atoms with Crippen molar-refractivity contribution in [3.8, 4) is 6.07 Å². The maximum Gasteiger partial charge on any atom is 0.471 e. The third-order valence-corrected chi connectivity index (χ3v) is 6.89. The molecule has 2 atom stereocenters. The average Bonchev–Trinajstić information content (AvgIpc) is 3.61.